The van der Waals surface area contributed by atoms with Crippen LogP contribution in [0.25, 0.3) is 11.5 Å². The molecule has 0 amide bonds. The summed E-state index contributed by atoms with van der Waals surface area (Å²) >= 11 is 0. The highest BCUT2D eigenvalue weighted by molar-refractivity contribution is 5.57. The van der Waals surface area contributed by atoms with Crippen molar-refractivity contribution in [3.05, 3.63) is 23.5 Å². The van der Waals surface area contributed by atoms with Gasteiger partial charge in [0.2, 0.25) is 0 Å². The minimum atomic E-state index is 0.769. The molecule has 2 heterocycles. The summed E-state index contributed by atoms with van der Waals surface area (Å²) in [7, 11) is 3.85. The average Bonchev–Trinajstić information content (AvgIpc) is 2.71. The van der Waals surface area contributed by atoms with E-state index in [9.17, 15) is 0 Å². The van der Waals surface area contributed by atoms with Crippen LogP contribution in [0.3, 0.4) is 0 Å². The van der Waals surface area contributed by atoms with Crippen molar-refractivity contribution in [3.8, 4) is 11.5 Å². The SMILES string of the molecule is CNc1nc(-c2ccnn2C)nc2c1CCCCC2. The van der Waals surface area contributed by atoms with Gasteiger partial charge in [-0.3, -0.25) is 4.68 Å². The Morgan fingerprint density at radius 2 is 2.00 bits per heavy atom. The van der Waals surface area contributed by atoms with Crippen LogP contribution >= 0.6 is 0 Å². The van der Waals surface area contributed by atoms with Crippen LogP contribution in [0.4, 0.5) is 5.82 Å². The van der Waals surface area contributed by atoms with E-state index in [0.717, 1.165) is 30.2 Å². The molecule has 0 fully saturated rings. The molecular weight excluding hydrogens is 238 g/mol. The molecule has 0 saturated carbocycles. The van der Waals surface area contributed by atoms with E-state index in [2.05, 4.69) is 15.4 Å². The van der Waals surface area contributed by atoms with Crippen LogP contribution in [0.1, 0.15) is 30.5 Å². The third-order valence-electron chi connectivity index (χ3n) is 3.72. The molecule has 2 aromatic rings. The summed E-state index contributed by atoms with van der Waals surface area (Å²) in [4.78, 5) is 9.44. The number of aryl methyl sites for hydroxylation is 2. The summed E-state index contributed by atoms with van der Waals surface area (Å²) in [6.45, 7) is 0. The molecule has 19 heavy (non-hydrogen) atoms. The minimum Gasteiger partial charge on any atom is -0.373 e. The van der Waals surface area contributed by atoms with Crippen LogP contribution < -0.4 is 5.32 Å². The second-order valence-corrected chi connectivity index (χ2v) is 4.97. The first-order valence-corrected chi connectivity index (χ1v) is 6.85. The van der Waals surface area contributed by atoms with Gasteiger partial charge in [0.25, 0.3) is 0 Å². The molecule has 2 aromatic heterocycles. The monoisotopic (exact) mass is 257 g/mol. The molecule has 5 heteroatoms. The van der Waals surface area contributed by atoms with Gasteiger partial charge in [0, 0.05) is 31.5 Å². The van der Waals surface area contributed by atoms with Crippen LogP contribution in [-0.2, 0) is 19.9 Å². The van der Waals surface area contributed by atoms with Crippen LogP contribution in [0, 0.1) is 0 Å². The molecule has 3 rings (SSSR count). The number of anilines is 1. The van der Waals surface area contributed by atoms with E-state index < -0.39 is 0 Å². The average molecular weight is 257 g/mol. The lowest BCUT2D eigenvalue weighted by Gasteiger charge is -2.12. The largest absolute Gasteiger partial charge is 0.373 e. The van der Waals surface area contributed by atoms with Crippen molar-refractivity contribution in [3.63, 3.8) is 0 Å². The van der Waals surface area contributed by atoms with Gasteiger partial charge in [-0.2, -0.15) is 5.10 Å². The van der Waals surface area contributed by atoms with Gasteiger partial charge < -0.3 is 5.32 Å². The third-order valence-corrected chi connectivity index (χ3v) is 3.72. The highest BCUT2D eigenvalue weighted by Gasteiger charge is 2.17. The predicted molar refractivity (Wildman–Crippen MR) is 75.0 cm³/mol. The Kier molecular flexibility index (Phi) is 3.19. The summed E-state index contributed by atoms with van der Waals surface area (Å²) in [6.07, 6.45) is 7.65. The Bertz CT molecular complexity index is 588. The van der Waals surface area contributed by atoms with E-state index in [4.69, 9.17) is 4.98 Å². The van der Waals surface area contributed by atoms with Crippen molar-refractivity contribution >= 4 is 5.82 Å². The Labute approximate surface area is 113 Å². The molecule has 0 atom stereocenters. The topological polar surface area (TPSA) is 55.6 Å². The molecular formula is C14H19N5. The van der Waals surface area contributed by atoms with Crippen LogP contribution in [0.5, 0.6) is 0 Å². The van der Waals surface area contributed by atoms with E-state index in [-0.39, 0.29) is 0 Å². The molecule has 0 aromatic carbocycles. The van der Waals surface area contributed by atoms with Crippen molar-refractivity contribution in [2.45, 2.75) is 32.1 Å². The molecule has 0 unspecified atom stereocenters. The second-order valence-electron chi connectivity index (χ2n) is 4.97. The summed E-state index contributed by atoms with van der Waals surface area (Å²) in [5.74, 6) is 1.74. The zero-order chi connectivity index (χ0) is 13.2. The fraction of sp³-hybridized carbons (Fsp3) is 0.500. The minimum absolute atomic E-state index is 0.769. The van der Waals surface area contributed by atoms with Gasteiger partial charge in [0.15, 0.2) is 5.82 Å². The van der Waals surface area contributed by atoms with Gasteiger partial charge in [-0.1, -0.05) is 6.42 Å². The first-order valence-electron chi connectivity index (χ1n) is 6.85. The molecule has 0 radical (unpaired) electrons. The fourth-order valence-electron chi connectivity index (χ4n) is 2.69. The van der Waals surface area contributed by atoms with Gasteiger partial charge in [-0.15, -0.1) is 0 Å². The quantitative estimate of drug-likeness (QED) is 0.838. The van der Waals surface area contributed by atoms with Crippen molar-refractivity contribution in [2.24, 2.45) is 7.05 Å². The maximum absolute atomic E-state index is 4.77. The summed E-state index contributed by atoms with van der Waals surface area (Å²) in [6, 6.07) is 1.96. The number of nitrogens with zero attached hydrogens (tertiary/aromatic N) is 4. The van der Waals surface area contributed by atoms with Gasteiger partial charge in [0.1, 0.15) is 11.5 Å². The second kappa shape index (κ2) is 4.99. The Hall–Kier alpha value is -1.91. The summed E-state index contributed by atoms with van der Waals surface area (Å²) in [5.41, 5.74) is 3.46. The number of rotatable bonds is 2. The van der Waals surface area contributed by atoms with Gasteiger partial charge >= 0.3 is 0 Å². The van der Waals surface area contributed by atoms with Crippen LogP contribution in [0.15, 0.2) is 12.3 Å². The van der Waals surface area contributed by atoms with Crippen molar-refractivity contribution in [2.75, 3.05) is 12.4 Å². The first kappa shape index (κ1) is 12.1. The maximum atomic E-state index is 4.77. The van der Waals surface area contributed by atoms with Crippen LogP contribution in [-0.4, -0.2) is 26.8 Å². The Morgan fingerprint density at radius 1 is 1.16 bits per heavy atom. The van der Waals surface area contributed by atoms with Crippen molar-refractivity contribution in [1.82, 2.24) is 19.7 Å². The lowest BCUT2D eigenvalue weighted by atomic mass is 10.1. The molecule has 1 aliphatic rings. The molecule has 0 spiro atoms. The van der Waals surface area contributed by atoms with Crippen LogP contribution in [0.2, 0.25) is 0 Å². The number of aromatic nitrogens is 4. The summed E-state index contributed by atoms with van der Waals surface area (Å²) < 4.78 is 1.82. The molecule has 0 aliphatic heterocycles. The number of fused-ring (bicyclic) bond motifs is 1. The highest BCUT2D eigenvalue weighted by atomic mass is 15.3. The highest BCUT2D eigenvalue weighted by Crippen LogP contribution is 2.27. The normalized spacial score (nSPS) is 14.8. The van der Waals surface area contributed by atoms with Crippen molar-refractivity contribution in [1.29, 1.82) is 0 Å². The van der Waals surface area contributed by atoms with E-state index in [1.807, 2.05) is 24.8 Å². The van der Waals surface area contributed by atoms with E-state index in [1.165, 1.54) is 30.5 Å². The predicted octanol–water partition coefficient (Wildman–Crippen LogP) is 2.19. The molecule has 0 saturated heterocycles. The molecule has 1 aliphatic carbocycles. The fourth-order valence-corrected chi connectivity index (χ4v) is 2.69. The van der Waals surface area contributed by atoms with Crippen molar-refractivity contribution < 1.29 is 0 Å². The van der Waals surface area contributed by atoms with Gasteiger partial charge in [-0.05, 0) is 31.7 Å². The van der Waals surface area contributed by atoms with Gasteiger partial charge in [-0.25, -0.2) is 9.97 Å². The molecule has 1 N–H and O–H groups in total. The maximum Gasteiger partial charge on any atom is 0.180 e. The van der Waals surface area contributed by atoms with E-state index in [0.29, 0.717) is 0 Å². The Morgan fingerprint density at radius 3 is 2.74 bits per heavy atom. The number of hydrogen-bond donors (Lipinski definition) is 1. The Balaban J connectivity index is 2.13. The lowest BCUT2D eigenvalue weighted by Crippen LogP contribution is -2.08. The first-order chi connectivity index (χ1) is 9.29. The molecule has 5 nitrogen and oxygen atoms in total. The van der Waals surface area contributed by atoms with E-state index >= 15 is 0 Å². The molecule has 0 bridgehead atoms. The zero-order valence-electron chi connectivity index (χ0n) is 11.5. The zero-order valence-corrected chi connectivity index (χ0v) is 11.5. The smallest absolute Gasteiger partial charge is 0.180 e. The van der Waals surface area contributed by atoms with Gasteiger partial charge in [0.05, 0.1) is 0 Å². The lowest BCUT2D eigenvalue weighted by molar-refractivity contribution is 0.708. The number of nitrogens with one attached hydrogen (secondary N) is 1. The number of hydrogen-bond acceptors (Lipinski definition) is 4. The standard InChI is InChI=1S/C14H19N5/c1-15-13-10-6-4-3-5-7-11(10)17-14(18-13)12-8-9-16-19(12)2/h8-9H,3-7H2,1-2H3,(H,15,17,18). The molecule has 100 valence electrons. The summed E-state index contributed by atoms with van der Waals surface area (Å²) in [5, 5.41) is 7.42. The van der Waals surface area contributed by atoms with E-state index in [1.54, 1.807) is 6.20 Å². The third kappa shape index (κ3) is 2.20.